The molecule has 2 fully saturated rings. The minimum absolute atomic E-state index is 0.188. The summed E-state index contributed by atoms with van der Waals surface area (Å²) in [5.41, 5.74) is 0.348. The molecule has 6 heteroatoms. The molecule has 0 saturated carbocycles. The molecule has 0 amide bonds. The Kier molecular flexibility index (Phi) is 5.43. The Morgan fingerprint density at radius 2 is 2.22 bits per heavy atom. The highest BCUT2D eigenvalue weighted by atomic mass is 32.2. The normalized spacial score (nSPS) is 24.6. The summed E-state index contributed by atoms with van der Waals surface area (Å²) in [6.45, 7) is 4.72. The lowest BCUT2D eigenvalue weighted by Gasteiger charge is -2.24. The maximum absolute atomic E-state index is 12.9. The van der Waals surface area contributed by atoms with Crippen LogP contribution in [-0.4, -0.2) is 56.5 Å². The summed E-state index contributed by atoms with van der Waals surface area (Å²) in [6, 6.07) is 6.64. The first-order valence-electron chi connectivity index (χ1n) is 8.13. The van der Waals surface area contributed by atoms with Gasteiger partial charge in [-0.25, -0.2) is 4.39 Å². The molecule has 23 heavy (non-hydrogen) atoms. The zero-order chi connectivity index (χ0) is 16.1. The molecule has 1 unspecified atom stereocenters. The van der Waals surface area contributed by atoms with Crippen molar-refractivity contribution in [2.45, 2.75) is 17.7 Å². The summed E-state index contributed by atoms with van der Waals surface area (Å²) >= 11 is 1.72. The number of ether oxygens (including phenoxy) is 1. The molecular weight excluding hydrogens is 313 g/mol. The zero-order valence-corrected chi connectivity index (χ0v) is 14.4. The number of guanidine groups is 1. The number of halogens is 1. The predicted octanol–water partition coefficient (Wildman–Crippen LogP) is 2.61. The van der Waals surface area contributed by atoms with Gasteiger partial charge in [-0.3, -0.25) is 4.99 Å². The lowest BCUT2D eigenvalue weighted by molar-refractivity contribution is 0.156. The van der Waals surface area contributed by atoms with Gasteiger partial charge in [0.1, 0.15) is 5.82 Å². The van der Waals surface area contributed by atoms with E-state index in [9.17, 15) is 4.39 Å². The van der Waals surface area contributed by atoms with E-state index in [2.05, 4.69) is 15.2 Å². The first-order chi connectivity index (χ1) is 11.2. The molecule has 2 saturated heterocycles. The van der Waals surface area contributed by atoms with Crippen molar-refractivity contribution in [3.8, 4) is 0 Å². The third-order valence-corrected chi connectivity index (χ3v) is 5.62. The summed E-state index contributed by atoms with van der Waals surface area (Å²) < 4.78 is 18.5. The van der Waals surface area contributed by atoms with E-state index in [1.54, 1.807) is 11.8 Å². The molecule has 1 aromatic rings. The van der Waals surface area contributed by atoms with Crippen molar-refractivity contribution in [3.05, 3.63) is 30.1 Å². The van der Waals surface area contributed by atoms with Gasteiger partial charge in [0.25, 0.3) is 0 Å². The lowest BCUT2D eigenvalue weighted by atomic mass is 9.87. The van der Waals surface area contributed by atoms with Gasteiger partial charge in [-0.15, -0.1) is 11.8 Å². The zero-order valence-electron chi connectivity index (χ0n) is 13.6. The topological polar surface area (TPSA) is 36.9 Å². The van der Waals surface area contributed by atoms with E-state index in [1.807, 2.05) is 19.2 Å². The van der Waals surface area contributed by atoms with Crippen molar-refractivity contribution in [2.24, 2.45) is 10.4 Å². The second-order valence-electron chi connectivity index (χ2n) is 6.25. The fourth-order valence-electron chi connectivity index (χ4n) is 3.28. The third kappa shape index (κ3) is 4.18. The van der Waals surface area contributed by atoms with Crippen molar-refractivity contribution >= 4 is 17.7 Å². The Balaban J connectivity index is 1.42. The Morgan fingerprint density at radius 1 is 1.39 bits per heavy atom. The number of nitrogens with one attached hydrogen (secondary N) is 1. The van der Waals surface area contributed by atoms with Gasteiger partial charge in [0.15, 0.2) is 5.96 Å². The summed E-state index contributed by atoms with van der Waals surface area (Å²) in [6.07, 6.45) is 2.36. The number of hydrogen-bond donors (Lipinski definition) is 1. The van der Waals surface area contributed by atoms with Crippen LogP contribution in [0.15, 0.2) is 34.2 Å². The number of benzene rings is 1. The summed E-state index contributed by atoms with van der Waals surface area (Å²) in [4.78, 5) is 7.85. The van der Waals surface area contributed by atoms with Crippen LogP contribution in [-0.2, 0) is 4.74 Å². The number of nitrogens with zero attached hydrogens (tertiary/aromatic N) is 2. The van der Waals surface area contributed by atoms with Crippen molar-refractivity contribution in [1.29, 1.82) is 0 Å². The van der Waals surface area contributed by atoms with Gasteiger partial charge in [0.05, 0.1) is 6.61 Å². The molecular formula is C17H24FN3OS. The van der Waals surface area contributed by atoms with Gasteiger partial charge < -0.3 is 15.0 Å². The SMILES string of the molecule is CN=C(NCCSc1ccc(F)cc1)N1CCC2(CCOC2)C1. The molecule has 0 bridgehead atoms. The van der Waals surface area contributed by atoms with Crippen molar-refractivity contribution in [3.63, 3.8) is 0 Å². The molecule has 1 atom stereocenters. The number of rotatable bonds is 4. The molecule has 0 aliphatic carbocycles. The Bertz CT molecular complexity index is 543. The minimum atomic E-state index is -0.188. The quantitative estimate of drug-likeness (QED) is 0.397. The van der Waals surface area contributed by atoms with E-state index in [1.165, 1.54) is 25.0 Å². The van der Waals surface area contributed by atoms with Crippen LogP contribution < -0.4 is 5.32 Å². The second-order valence-corrected chi connectivity index (χ2v) is 7.42. The van der Waals surface area contributed by atoms with Crippen molar-refractivity contribution in [1.82, 2.24) is 10.2 Å². The molecule has 2 aliphatic heterocycles. The molecule has 126 valence electrons. The first kappa shape index (κ1) is 16.6. The average Bonchev–Trinajstić information content (AvgIpc) is 3.20. The standard InChI is InChI=1S/C17H24FN3OS/c1-19-16(21-9-6-17(12-21)7-10-22-13-17)20-8-11-23-15-4-2-14(18)3-5-15/h2-5H,6-13H2,1H3,(H,19,20). The van der Waals surface area contributed by atoms with E-state index >= 15 is 0 Å². The molecule has 1 N–H and O–H groups in total. The molecule has 2 heterocycles. The van der Waals surface area contributed by atoms with E-state index in [0.29, 0.717) is 5.41 Å². The van der Waals surface area contributed by atoms with Gasteiger partial charge in [0, 0.05) is 49.4 Å². The number of hydrogen-bond acceptors (Lipinski definition) is 3. The monoisotopic (exact) mass is 337 g/mol. The Labute approximate surface area is 141 Å². The Morgan fingerprint density at radius 3 is 2.91 bits per heavy atom. The predicted molar refractivity (Wildman–Crippen MR) is 92.5 cm³/mol. The Hall–Kier alpha value is -1.27. The molecule has 3 rings (SSSR count). The van der Waals surface area contributed by atoms with Gasteiger partial charge >= 0.3 is 0 Å². The summed E-state index contributed by atoms with van der Waals surface area (Å²) in [5, 5.41) is 3.44. The lowest BCUT2D eigenvalue weighted by Crippen LogP contribution is -2.42. The highest BCUT2D eigenvalue weighted by Gasteiger charge is 2.42. The molecule has 0 radical (unpaired) electrons. The van der Waals surface area contributed by atoms with Crippen molar-refractivity contribution in [2.75, 3.05) is 45.6 Å². The summed E-state index contributed by atoms with van der Waals surface area (Å²) in [5.74, 6) is 1.72. The smallest absolute Gasteiger partial charge is 0.193 e. The number of likely N-dealkylation sites (tertiary alicyclic amines) is 1. The van der Waals surface area contributed by atoms with Crippen LogP contribution in [0.4, 0.5) is 4.39 Å². The maximum atomic E-state index is 12.9. The highest BCUT2D eigenvalue weighted by molar-refractivity contribution is 7.99. The third-order valence-electron chi connectivity index (χ3n) is 4.60. The van der Waals surface area contributed by atoms with E-state index in [4.69, 9.17) is 4.74 Å². The minimum Gasteiger partial charge on any atom is -0.381 e. The van der Waals surface area contributed by atoms with Gasteiger partial charge in [-0.2, -0.15) is 0 Å². The van der Waals surface area contributed by atoms with Gasteiger partial charge in [-0.05, 0) is 37.1 Å². The van der Waals surface area contributed by atoms with Crippen LogP contribution >= 0.6 is 11.8 Å². The average molecular weight is 337 g/mol. The maximum Gasteiger partial charge on any atom is 0.193 e. The molecule has 2 aliphatic rings. The van der Waals surface area contributed by atoms with Gasteiger partial charge in [-0.1, -0.05) is 0 Å². The van der Waals surface area contributed by atoms with Crippen molar-refractivity contribution < 1.29 is 9.13 Å². The molecule has 1 aromatic carbocycles. The number of aliphatic imine (C=N–C) groups is 1. The van der Waals surface area contributed by atoms with E-state index in [0.717, 1.165) is 49.5 Å². The molecule has 0 aromatic heterocycles. The van der Waals surface area contributed by atoms with Crippen LogP contribution in [0, 0.1) is 11.2 Å². The fraction of sp³-hybridized carbons (Fsp3) is 0.588. The van der Waals surface area contributed by atoms with Crippen LogP contribution in [0.3, 0.4) is 0 Å². The van der Waals surface area contributed by atoms with Gasteiger partial charge in [0.2, 0.25) is 0 Å². The largest absolute Gasteiger partial charge is 0.381 e. The first-order valence-corrected chi connectivity index (χ1v) is 9.11. The summed E-state index contributed by atoms with van der Waals surface area (Å²) in [7, 11) is 1.84. The fourth-order valence-corrected chi connectivity index (χ4v) is 4.05. The van der Waals surface area contributed by atoms with Crippen LogP contribution in [0.5, 0.6) is 0 Å². The van der Waals surface area contributed by atoms with E-state index < -0.39 is 0 Å². The van der Waals surface area contributed by atoms with E-state index in [-0.39, 0.29) is 5.82 Å². The van der Waals surface area contributed by atoms with Crippen LogP contribution in [0.25, 0.3) is 0 Å². The highest BCUT2D eigenvalue weighted by Crippen LogP contribution is 2.38. The number of thioether (sulfide) groups is 1. The van der Waals surface area contributed by atoms with Crippen LogP contribution in [0.1, 0.15) is 12.8 Å². The molecule has 4 nitrogen and oxygen atoms in total. The molecule has 1 spiro atoms. The van der Waals surface area contributed by atoms with Crippen LogP contribution in [0.2, 0.25) is 0 Å². The second kappa shape index (κ2) is 7.53.